The zero-order valence-electron chi connectivity index (χ0n) is 28.3. The zero-order chi connectivity index (χ0) is 29.8. The molecule has 2 aromatic rings. The molecular formula is C33H62N2Si2. The van der Waals surface area contributed by atoms with Crippen molar-refractivity contribution in [3.05, 3.63) is 53.1 Å². The minimum absolute atomic E-state index is 0.121. The first-order valence-corrected chi connectivity index (χ1v) is 21.5. The quantitative estimate of drug-likeness (QED) is 0.335. The van der Waals surface area contributed by atoms with Gasteiger partial charge >= 0.3 is 0 Å². The van der Waals surface area contributed by atoms with Gasteiger partial charge in [0.05, 0.1) is 8.07 Å². The van der Waals surface area contributed by atoms with Gasteiger partial charge in [-0.3, -0.25) is 9.97 Å². The van der Waals surface area contributed by atoms with Crippen LogP contribution in [0.5, 0.6) is 0 Å². The number of hydrogen-bond donors (Lipinski definition) is 0. The molecule has 2 aromatic heterocycles. The summed E-state index contributed by atoms with van der Waals surface area (Å²) in [7, 11) is -1.90. The lowest BCUT2D eigenvalue weighted by molar-refractivity contribution is 0.531. The van der Waals surface area contributed by atoms with E-state index in [0.717, 1.165) is 0 Å². The molecular weight excluding hydrogens is 481 g/mol. The lowest BCUT2D eigenvalue weighted by Crippen LogP contribution is -2.40. The van der Waals surface area contributed by atoms with Crippen molar-refractivity contribution in [2.75, 3.05) is 0 Å². The molecule has 0 radical (unpaired) electrons. The summed E-state index contributed by atoms with van der Waals surface area (Å²) in [5.41, 5.74) is 5.32. The summed E-state index contributed by atoms with van der Waals surface area (Å²) < 4.78 is 0. The number of aromatic nitrogens is 2. The van der Waals surface area contributed by atoms with Gasteiger partial charge in [0.2, 0.25) is 0 Å². The van der Waals surface area contributed by atoms with Gasteiger partial charge < -0.3 is 0 Å². The van der Waals surface area contributed by atoms with Crippen LogP contribution >= 0.6 is 0 Å². The Labute approximate surface area is 234 Å². The van der Waals surface area contributed by atoms with Gasteiger partial charge in [-0.2, -0.15) is 0 Å². The fraction of sp³-hybridized carbons (Fsp3) is 0.697. The molecule has 0 fully saturated rings. The van der Waals surface area contributed by atoms with E-state index in [0.29, 0.717) is 0 Å². The van der Waals surface area contributed by atoms with E-state index in [-0.39, 0.29) is 21.7 Å². The molecule has 2 heterocycles. The molecule has 0 aromatic carbocycles. The van der Waals surface area contributed by atoms with E-state index in [1.54, 1.807) is 0 Å². The fourth-order valence-corrected chi connectivity index (χ4v) is 4.14. The number of pyridine rings is 2. The largest absolute Gasteiger partial charge is 0.257 e. The van der Waals surface area contributed by atoms with Crippen molar-refractivity contribution in [2.24, 2.45) is 0 Å². The fourth-order valence-electron chi connectivity index (χ4n) is 3.00. The van der Waals surface area contributed by atoms with Crippen molar-refractivity contribution in [1.29, 1.82) is 0 Å². The van der Waals surface area contributed by atoms with Gasteiger partial charge in [0.15, 0.2) is 0 Å². The Morgan fingerprint density at radius 1 is 0.459 bits per heavy atom. The van der Waals surface area contributed by atoms with E-state index in [1.807, 2.05) is 0 Å². The summed E-state index contributed by atoms with van der Waals surface area (Å²) in [6.07, 6.45) is 0. The molecule has 0 aliphatic rings. The third-order valence-electron chi connectivity index (χ3n) is 5.51. The topological polar surface area (TPSA) is 25.8 Å². The van der Waals surface area contributed by atoms with E-state index in [4.69, 9.17) is 9.97 Å². The highest BCUT2D eigenvalue weighted by Crippen LogP contribution is 2.26. The molecule has 212 valence electrons. The molecule has 0 bridgehead atoms. The molecule has 2 rings (SSSR count). The van der Waals surface area contributed by atoms with Crippen molar-refractivity contribution in [1.82, 2.24) is 9.97 Å². The van der Waals surface area contributed by atoms with Gasteiger partial charge in [-0.1, -0.05) is 140 Å². The SMILES string of the molecule is CC(C)(C)c1cc([Si](C)(C)C)cc(C(C)(C)C)n1.CC(C)(C)c1cccc(C(C)(C)C)n1.C[Si](C)(C)C. The van der Waals surface area contributed by atoms with Crippen LogP contribution in [0.15, 0.2) is 30.3 Å². The van der Waals surface area contributed by atoms with Crippen molar-refractivity contribution in [3.8, 4) is 0 Å². The number of rotatable bonds is 1. The smallest absolute Gasteiger partial charge is 0.0777 e. The van der Waals surface area contributed by atoms with Gasteiger partial charge in [-0.05, 0) is 24.3 Å². The van der Waals surface area contributed by atoms with E-state index in [1.165, 1.54) is 28.0 Å². The molecule has 0 aliphatic heterocycles. The summed E-state index contributed by atoms with van der Waals surface area (Å²) in [5.74, 6) is 0. The first-order valence-electron chi connectivity index (χ1n) is 14.0. The molecule has 37 heavy (non-hydrogen) atoms. The van der Waals surface area contributed by atoms with Gasteiger partial charge in [0.1, 0.15) is 0 Å². The van der Waals surface area contributed by atoms with Crippen molar-refractivity contribution < 1.29 is 0 Å². The highest BCUT2D eigenvalue weighted by Gasteiger charge is 2.26. The molecule has 0 unspecified atom stereocenters. The van der Waals surface area contributed by atoms with Crippen LogP contribution in [-0.2, 0) is 21.7 Å². The average molecular weight is 543 g/mol. The van der Waals surface area contributed by atoms with Crippen LogP contribution in [0.3, 0.4) is 0 Å². The summed E-state index contributed by atoms with van der Waals surface area (Å²) in [4.78, 5) is 9.63. The first-order chi connectivity index (χ1) is 16.0. The maximum Gasteiger partial charge on any atom is 0.0777 e. The third-order valence-corrected chi connectivity index (χ3v) is 7.53. The molecule has 0 spiro atoms. The lowest BCUT2D eigenvalue weighted by Gasteiger charge is -2.27. The monoisotopic (exact) mass is 542 g/mol. The second kappa shape index (κ2) is 12.3. The van der Waals surface area contributed by atoms with Crippen LogP contribution in [0, 0.1) is 0 Å². The molecule has 0 saturated heterocycles. The third kappa shape index (κ3) is 14.5. The van der Waals surface area contributed by atoms with E-state index < -0.39 is 16.1 Å². The normalized spacial score (nSPS) is 13.3. The highest BCUT2D eigenvalue weighted by atomic mass is 28.3. The molecule has 0 amide bonds. The van der Waals surface area contributed by atoms with Crippen LogP contribution in [0.1, 0.15) is 106 Å². The Kier molecular flexibility index (Phi) is 11.9. The minimum Gasteiger partial charge on any atom is -0.257 e. The first kappa shape index (κ1) is 35.7. The van der Waals surface area contributed by atoms with E-state index >= 15 is 0 Å². The predicted molar refractivity (Wildman–Crippen MR) is 175 cm³/mol. The predicted octanol–water partition coefficient (Wildman–Crippen LogP) is 9.85. The number of hydrogen-bond acceptors (Lipinski definition) is 2. The van der Waals surface area contributed by atoms with Gasteiger partial charge in [-0.25, -0.2) is 0 Å². The Morgan fingerprint density at radius 2 is 0.703 bits per heavy atom. The van der Waals surface area contributed by atoms with Crippen LogP contribution in [0.2, 0.25) is 45.8 Å². The van der Waals surface area contributed by atoms with Crippen LogP contribution < -0.4 is 5.19 Å². The Morgan fingerprint density at radius 3 is 0.919 bits per heavy atom. The minimum atomic E-state index is -1.29. The molecule has 4 heteroatoms. The maximum atomic E-state index is 4.91. The lowest BCUT2D eigenvalue weighted by atomic mass is 9.88. The van der Waals surface area contributed by atoms with Crippen molar-refractivity contribution >= 4 is 21.3 Å². The number of nitrogens with zero attached hydrogens (tertiary/aromatic N) is 2. The zero-order valence-corrected chi connectivity index (χ0v) is 30.3. The van der Waals surface area contributed by atoms with Crippen LogP contribution in [0.25, 0.3) is 0 Å². The van der Waals surface area contributed by atoms with Crippen LogP contribution in [-0.4, -0.2) is 26.1 Å². The van der Waals surface area contributed by atoms with Crippen molar-refractivity contribution in [3.63, 3.8) is 0 Å². The second-order valence-corrected chi connectivity index (χ2v) is 28.4. The van der Waals surface area contributed by atoms with E-state index in [2.05, 4.69) is 159 Å². The Hall–Kier alpha value is -1.27. The second-order valence-electron chi connectivity index (χ2n) is 17.3. The van der Waals surface area contributed by atoms with Crippen LogP contribution in [0.4, 0.5) is 0 Å². The van der Waals surface area contributed by atoms with Crippen molar-refractivity contribution in [2.45, 2.75) is 151 Å². The summed E-state index contributed by atoms with van der Waals surface area (Å²) in [5, 5.41) is 1.52. The van der Waals surface area contributed by atoms with Gasteiger partial charge in [0, 0.05) is 52.5 Å². The molecule has 0 atom stereocenters. The Balaban J connectivity index is 0.000000605. The molecule has 0 saturated carbocycles. The molecule has 2 nitrogen and oxygen atoms in total. The van der Waals surface area contributed by atoms with Gasteiger partial charge in [-0.15, -0.1) is 0 Å². The summed E-state index contributed by atoms with van der Waals surface area (Å²) in [6, 6.07) is 11.0. The highest BCUT2D eigenvalue weighted by molar-refractivity contribution is 6.88. The summed E-state index contributed by atoms with van der Waals surface area (Å²) >= 11 is 0. The maximum absolute atomic E-state index is 4.91. The van der Waals surface area contributed by atoms with Gasteiger partial charge in [0.25, 0.3) is 0 Å². The summed E-state index contributed by atoms with van der Waals surface area (Å²) in [6.45, 7) is 43.2. The Bertz CT molecular complexity index is 867. The van der Waals surface area contributed by atoms with E-state index in [9.17, 15) is 0 Å². The average Bonchev–Trinajstić information content (AvgIpc) is 2.63. The standard InChI is InChI=1S/C16H29NSi.C13H21N.C4H12Si/c1-15(2,3)13-10-12(18(7,8)9)11-14(17-13)16(4,5)6;1-12(2,3)10-8-7-9-11(14-10)13(4,5)6;1-5(2,3)4/h10-11H,1-9H3;7-9H,1-6H3;1-4H3. The molecule has 0 N–H and O–H groups in total. The molecule has 0 aliphatic carbocycles.